The Morgan fingerprint density at radius 1 is 1.29 bits per heavy atom. The summed E-state index contributed by atoms with van der Waals surface area (Å²) in [4.78, 5) is 0. The summed E-state index contributed by atoms with van der Waals surface area (Å²) in [6, 6.07) is 2.29. The lowest BCUT2D eigenvalue weighted by atomic mass is 9.95. The molecule has 0 aliphatic rings. The molecule has 1 aromatic rings. The predicted octanol–water partition coefficient (Wildman–Crippen LogP) is 3.74. The van der Waals surface area contributed by atoms with Crippen LogP contribution in [-0.2, 0) is 0 Å². The monoisotopic (exact) mass is 235 g/mol. The zero-order valence-corrected chi connectivity index (χ0v) is 9.98. The van der Waals surface area contributed by atoms with Gasteiger partial charge >= 0.3 is 0 Å². The van der Waals surface area contributed by atoms with E-state index in [1.807, 2.05) is 0 Å². The maximum Gasteiger partial charge on any atom is 0.159 e. The molecule has 0 amide bonds. The number of hydrogen-bond donors (Lipinski definition) is 1. The second-order valence-electron chi connectivity index (χ2n) is 3.68. The molecule has 0 saturated heterocycles. The Morgan fingerprint density at radius 3 is 2.35 bits per heavy atom. The third-order valence-electron chi connectivity index (χ3n) is 2.35. The molecular formula is C14H15F2N. The van der Waals surface area contributed by atoms with Gasteiger partial charge in [0.05, 0.1) is 0 Å². The van der Waals surface area contributed by atoms with Crippen molar-refractivity contribution >= 4 is 11.6 Å². The normalized spacial score (nSPS) is 11.2. The van der Waals surface area contributed by atoms with E-state index in [1.165, 1.54) is 6.08 Å². The highest BCUT2D eigenvalue weighted by Crippen LogP contribution is 2.27. The predicted molar refractivity (Wildman–Crippen MR) is 68.3 cm³/mol. The average Bonchev–Trinajstić information content (AvgIpc) is 2.29. The van der Waals surface area contributed by atoms with Crippen LogP contribution in [0, 0.1) is 11.6 Å². The molecule has 0 atom stereocenters. The molecule has 17 heavy (non-hydrogen) atoms. The maximum absolute atomic E-state index is 13.3. The first-order chi connectivity index (χ1) is 8.01. The van der Waals surface area contributed by atoms with Crippen LogP contribution in [0.3, 0.4) is 0 Å². The maximum atomic E-state index is 13.3. The third kappa shape index (κ3) is 2.81. The molecule has 3 heteroatoms. The number of benzene rings is 1. The second-order valence-corrected chi connectivity index (χ2v) is 3.68. The summed E-state index contributed by atoms with van der Waals surface area (Å²) in [5, 5.41) is 2.86. The van der Waals surface area contributed by atoms with Crippen LogP contribution in [0.25, 0.3) is 11.6 Å². The number of nitrogens with one attached hydrogen (secondary N) is 1. The highest BCUT2D eigenvalue weighted by atomic mass is 19.2. The van der Waals surface area contributed by atoms with Crippen molar-refractivity contribution < 1.29 is 8.78 Å². The molecule has 0 aliphatic carbocycles. The minimum atomic E-state index is -0.881. The fraction of sp³-hybridized carbons (Fsp3) is 0.143. The fourth-order valence-electron chi connectivity index (χ4n) is 1.54. The molecule has 1 nitrogen and oxygen atoms in total. The molecule has 90 valence electrons. The Hall–Kier alpha value is -1.90. The topological polar surface area (TPSA) is 12.0 Å². The number of halogens is 2. The van der Waals surface area contributed by atoms with Crippen LogP contribution in [0.5, 0.6) is 0 Å². The van der Waals surface area contributed by atoms with Crippen molar-refractivity contribution in [2.75, 3.05) is 7.05 Å². The standard InChI is InChI=1S/C14H15F2N/c1-5-10-6-13(15)14(16)7-11(10)12(8-17-4)9(2)3/h5-8,17H,1-2H2,3-4H3/b12-8-. The minimum Gasteiger partial charge on any atom is -0.393 e. The van der Waals surface area contributed by atoms with Crippen molar-refractivity contribution in [3.8, 4) is 0 Å². The molecule has 0 bridgehead atoms. The summed E-state index contributed by atoms with van der Waals surface area (Å²) in [5.41, 5.74) is 2.59. The highest BCUT2D eigenvalue weighted by molar-refractivity contribution is 5.82. The van der Waals surface area contributed by atoms with Crippen LogP contribution in [0.2, 0.25) is 0 Å². The molecule has 1 rings (SSSR count). The molecule has 0 fully saturated rings. The summed E-state index contributed by atoms with van der Waals surface area (Å²) in [6.45, 7) is 9.22. The van der Waals surface area contributed by atoms with Crippen molar-refractivity contribution in [3.63, 3.8) is 0 Å². The lowest BCUT2D eigenvalue weighted by molar-refractivity contribution is 0.508. The smallest absolute Gasteiger partial charge is 0.159 e. The summed E-state index contributed by atoms with van der Waals surface area (Å²) in [6.07, 6.45) is 3.19. The molecule has 1 N–H and O–H groups in total. The van der Waals surface area contributed by atoms with Gasteiger partial charge < -0.3 is 5.32 Å². The second kappa shape index (κ2) is 5.43. The average molecular weight is 235 g/mol. The Morgan fingerprint density at radius 2 is 1.88 bits per heavy atom. The SMILES string of the molecule is C=Cc1cc(F)c(F)cc1/C(=C\NC)C(=C)C. The van der Waals surface area contributed by atoms with Crippen molar-refractivity contribution in [2.24, 2.45) is 0 Å². The van der Waals surface area contributed by atoms with Gasteiger partial charge in [0.2, 0.25) is 0 Å². The Labute approximate surface area is 100 Å². The van der Waals surface area contributed by atoms with E-state index in [4.69, 9.17) is 0 Å². The number of hydrogen-bond acceptors (Lipinski definition) is 1. The fourth-order valence-corrected chi connectivity index (χ4v) is 1.54. The van der Waals surface area contributed by atoms with Crippen LogP contribution in [-0.4, -0.2) is 7.05 Å². The Bertz CT molecular complexity index is 487. The molecule has 0 unspecified atom stereocenters. The lowest BCUT2D eigenvalue weighted by Gasteiger charge is -2.12. The van der Waals surface area contributed by atoms with E-state index in [0.29, 0.717) is 11.1 Å². The van der Waals surface area contributed by atoms with E-state index >= 15 is 0 Å². The first-order valence-electron chi connectivity index (χ1n) is 5.16. The summed E-state index contributed by atoms with van der Waals surface area (Å²) < 4.78 is 26.4. The van der Waals surface area contributed by atoms with E-state index in [9.17, 15) is 8.78 Å². The summed E-state index contributed by atoms with van der Waals surface area (Å²) in [7, 11) is 1.73. The quantitative estimate of drug-likeness (QED) is 0.784. The molecule has 0 heterocycles. The van der Waals surface area contributed by atoms with Crippen molar-refractivity contribution in [2.45, 2.75) is 6.92 Å². The number of allylic oxidation sites excluding steroid dienone is 2. The summed E-state index contributed by atoms with van der Waals surface area (Å²) >= 11 is 0. The van der Waals surface area contributed by atoms with Gasteiger partial charge in [-0.25, -0.2) is 8.78 Å². The Balaban J connectivity index is 3.47. The van der Waals surface area contributed by atoms with Gasteiger partial charge in [-0.15, -0.1) is 0 Å². The zero-order valence-electron chi connectivity index (χ0n) is 9.98. The van der Waals surface area contributed by atoms with E-state index in [2.05, 4.69) is 18.5 Å². The lowest BCUT2D eigenvalue weighted by Crippen LogP contribution is -2.00. The van der Waals surface area contributed by atoms with E-state index in [1.54, 1.807) is 20.2 Å². The van der Waals surface area contributed by atoms with Crippen LogP contribution in [0.4, 0.5) is 8.78 Å². The largest absolute Gasteiger partial charge is 0.393 e. The van der Waals surface area contributed by atoms with Gasteiger partial charge in [-0.1, -0.05) is 19.2 Å². The zero-order chi connectivity index (χ0) is 13.0. The van der Waals surface area contributed by atoms with Gasteiger partial charge in [0.1, 0.15) is 0 Å². The van der Waals surface area contributed by atoms with Crippen LogP contribution < -0.4 is 5.32 Å². The molecule has 0 aromatic heterocycles. The summed E-state index contributed by atoms with van der Waals surface area (Å²) in [5.74, 6) is -1.76. The highest BCUT2D eigenvalue weighted by Gasteiger charge is 2.12. The van der Waals surface area contributed by atoms with Crippen molar-refractivity contribution in [3.05, 3.63) is 59.8 Å². The van der Waals surface area contributed by atoms with E-state index in [0.717, 1.165) is 23.3 Å². The van der Waals surface area contributed by atoms with Gasteiger partial charge in [-0.3, -0.25) is 0 Å². The van der Waals surface area contributed by atoms with Crippen molar-refractivity contribution in [1.29, 1.82) is 0 Å². The van der Waals surface area contributed by atoms with Gasteiger partial charge in [-0.2, -0.15) is 0 Å². The van der Waals surface area contributed by atoms with E-state index < -0.39 is 11.6 Å². The van der Waals surface area contributed by atoms with Crippen LogP contribution in [0.15, 0.2) is 37.1 Å². The molecule has 0 saturated carbocycles. The van der Waals surface area contributed by atoms with Crippen LogP contribution >= 0.6 is 0 Å². The van der Waals surface area contributed by atoms with Crippen molar-refractivity contribution in [1.82, 2.24) is 5.32 Å². The first-order valence-corrected chi connectivity index (χ1v) is 5.16. The number of rotatable bonds is 4. The van der Waals surface area contributed by atoms with Gasteiger partial charge in [0.25, 0.3) is 0 Å². The molecular weight excluding hydrogens is 220 g/mol. The van der Waals surface area contributed by atoms with Gasteiger partial charge in [0.15, 0.2) is 11.6 Å². The molecule has 0 aliphatic heterocycles. The van der Waals surface area contributed by atoms with E-state index in [-0.39, 0.29) is 0 Å². The molecule has 0 radical (unpaired) electrons. The molecule has 0 spiro atoms. The third-order valence-corrected chi connectivity index (χ3v) is 2.35. The first kappa shape index (κ1) is 13.2. The Kier molecular flexibility index (Phi) is 4.21. The minimum absolute atomic E-state index is 0.536. The van der Waals surface area contributed by atoms with Crippen LogP contribution in [0.1, 0.15) is 18.1 Å². The molecule has 1 aromatic carbocycles. The van der Waals surface area contributed by atoms with Gasteiger partial charge in [-0.05, 0) is 35.8 Å². The van der Waals surface area contributed by atoms with Gasteiger partial charge in [0, 0.05) is 18.8 Å².